The fraction of sp³-hybridized carbons (Fsp3) is 0.235. The summed E-state index contributed by atoms with van der Waals surface area (Å²) in [7, 11) is 0. The van der Waals surface area contributed by atoms with Crippen LogP contribution in [0.25, 0.3) is 0 Å². The molecule has 1 amide bonds. The standard InChI is InChI=1S/C17H20N2O2/c1-3-16(21-15-6-4-5-12(2)11-15)17(20)19-14-9-7-13(18)8-10-14/h4-11,16H,3,18H2,1-2H3,(H,19,20). The van der Waals surface area contributed by atoms with Crippen molar-refractivity contribution in [2.75, 3.05) is 11.1 Å². The maximum Gasteiger partial charge on any atom is 0.265 e. The summed E-state index contributed by atoms with van der Waals surface area (Å²) in [6.45, 7) is 3.91. The maximum atomic E-state index is 12.3. The molecule has 0 aromatic heterocycles. The molecule has 0 aliphatic rings. The third kappa shape index (κ3) is 4.24. The third-order valence-corrected chi connectivity index (χ3v) is 3.11. The van der Waals surface area contributed by atoms with Crippen LogP contribution in [0, 0.1) is 6.92 Å². The molecule has 1 atom stereocenters. The molecule has 0 radical (unpaired) electrons. The Morgan fingerprint density at radius 1 is 1.24 bits per heavy atom. The van der Waals surface area contributed by atoms with Crippen molar-refractivity contribution in [1.29, 1.82) is 0 Å². The first-order chi connectivity index (χ1) is 10.1. The Balaban J connectivity index is 2.03. The molecule has 2 aromatic carbocycles. The van der Waals surface area contributed by atoms with Crippen molar-refractivity contribution >= 4 is 17.3 Å². The molecule has 4 nitrogen and oxygen atoms in total. The lowest BCUT2D eigenvalue weighted by molar-refractivity contribution is -0.122. The minimum atomic E-state index is -0.524. The summed E-state index contributed by atoms with van der Waals surface area (Å²) < 4.78 is 5.77. The SMILES string of the molecule is CCC(Oc1cccc(C)c1)C(=O)Nc1ccc(N)cc1. The van der Waals surface area contributed by atoms with Crippen molar-refractivity contribution in [2.45, 2.75) is 26.4 Å². The minimum Gasteiger partial charge on any atom is -0.481 e. The molecule has 0 spiro atoms. The van der Waals surface area contributed by atoms with E-state index in [0.29, 0.717) is 23.5 Å². The predicted octanol–water partition coefficient (Wildman–Crippen LogP) is 3.37. The molecule has 21 heavy (non-hydrogen) atoms. The van der Waals surface area contributed by atoms with E-state index < -0.39 is 6.10 Å². The summed E-state index contributed by atoms with van der Waals surface area (Å²) in [5.41, 5.74) is 8.09. The second-order valence-electron chi connectivity index (χ2n) is 4.94. The molecule has 4 heteroatoms. The molecule has 2 aromatic rings. The molecule has 0 bridgehead atoms. The van der Waals surface area contributed by atoms with Crippen LogP contribution in [0.4, 0.5) is 11.4 Å². The Hall–Kier alpha value is -2.49. The molecule has 0 heterocycles. The zero-order valence-electron chi connectivity index (χ0n) is 12.3. The number of nitrogens with one attached hydrogen (secondary N) is 1. The molecule has 0 aliphatic heterocycles. The van der Waals surface area contributed by atoms with Crippen molar-refractivity contribution < 1.29 is 9.53 Å². The lowest BCUT2D eigenvalue weighted by Crippen LogP contribution is -2.32. The van der Waals surface area contributed by atoms with Crippen molar-refractivity contribution in [3.63, 3.8) is 0 Å². The number of rotatable bonds is 5. The topological polar surface area (TPSA) is 64.3 Å². The van der Waals surface area contributed by atoms with Gasteiger partial charge in [0.1, 0.15) is 5.75 Å². The molecule has 110 valence electrons. The first kappa shape index (κ1) is 14.9. The van der Waals surface area contributed by atoms with E-state index in [0.717, 1.165) is 5.56 Å². The molecule has 0 fully saturated rings. The third-order valence-electron chi connectivity index (χ3n) is 3.11. The largest absolute Gasteiger partial charge is 0.481 e. The van der Waals surface area contributed by atoms with Gasteiger partial charge in [0, 0.05) is 11.4 Å². The van der Waals surface area contributed by atoms with E-state index in [1.54, 1.807) is 24.3 Å². The van der Waals surface area contributed by atoms with E-state index in [-0.39, 0.29) is 5.91 Å². The van der Waals surface area contributed by atoms with Gasteiger partial charge in [0.05, 0.1) is 0 Å². The number of carbonyl (C=O) groups excluding carboxylic acids is 1. The number of ether oxygens (including phenoxy) is 1. The monoisotopic (exact) mass is 284 g/mol. The normalized spacial score (nSPS) is 11.7. The molecule has 1 unspecified atom stereocenters. The highest BCUT2D eigenvalue weighted by molar-refractivity contribution is 5.94. The van der Waals surface area contributed by atoms with Gasteiger partial charge in [0.15, 0.2) is 6.10 Å². The fourth-order valence-electron chi connectivity index (χ4n) is 1.96. The summed E-state index contributed by atoms with van der Waals surface area (Å²) in [5, 5.41) is 2.84. The van der Waals surface area contributed by atoms with E-state index in [9.17, 15) is 4.79 Å². The van der Waals surface area contributed by atoms with Crippen LogP contribution in [0.15, 0.2) is 48.5 Å². The number of hydrogen-bond acceptors (Lipinski definition) is 3. The Morgan fingerprint density at radius 2 is 1.95 bits per heavy atom. The molecule has 0 saturated carbocycles. The van der Waals surface area contributed by atoms with Crippen molar-refractivity contribution in [2.24, 2.45) is 0 Å². The average molecular weight is 284 g/mol. The van der Waals surface area contributed by atoms with E-state index in [1.165, 1.54) is 0 Å². The van der Waals surface area contributed by atoms with Gasteiger partial charge in [-0.15, -0.1) is 0 Å². The van der Waals surface area contributed by atoms with Crippen molar-refractivity contribution in [3.8, 4) is 5.75 Å². The summed E-state index contributed by atoms with van der Waals surface area (Å²) in [6, 6.07) is 14.7. The Labute approximate surface area is 124 Å². The minimum absolute atomic E-state index is 0.163. The lowest BCUT2D eigenvalue weighted by atomic mass is 10.2. The summed E-state index contributed by atoms with van der Waals surface area (Å²) in [5.74, 6) is 0.540. The van der Waals surface area contributed by atoms with E-state index in [1.807, 2.05) is 38.1 Å². The highest BCUT2D eigenvalue weighted by atomic mass is 16.5. The first-order valence-electron chi connectivity index (χ1n) is 6.98. The number of anilines is 2. The molecular weight excluding hydrogens is 264 g/mol. The van der Waals surface area contributed by atoms with Crippen LogP contribution in [0.1, 0.15) is 18.9 Å². The van der Waals surface area contributed by atoms with Crippen LogP contribution in [-0.4, -0.2) is 12.0 Å². The van der Waals surface area contributed by atoms with Crippen molar-refractivity contribution in [1.82, 2.24) is 0 Å². The summed E-state index contributed by atoms with van der Waals surface area (Å²) in [4.78, 5) is 12.3. The maximum absolute atomic E-state index is 12.3. The number of hydrogen-bond donors (Lipinski definition) is 2. The quantitative estimate of drug-likeness (QED) is 0.827. The smallest absolute Gasteiger partial charge is 0.265 e. The van der Waals surface area contributed by atoms with Gasteiger partial charge < -0.3 is 15.8 Å². The lowest BCUT2D eigenvalue weighted by Gasteiger charge is -2.17. The van der Waals surface area contributed by atoms with Gasteiger partial charge in [-0.05, 0) is 55.3 Å². The Morgan fingerprint density at radius 3 is 2.57 bits per heavy atom. The number of nitrogens with two attached hydrogens (primary N) is 1. The number of aryl methyl sites for hydroxylation is 1. The van der Waals surface area contributed by atoms with Gasteiger partial charge >= 0.3 is 0 Å². The van der Waals surface area contributed by atoms with Crippen LogP contribution in [0.5, 0.6) is 5.75 Å². The van der Waals surface area contributed by atoms with E-state index in [2.05, 4.69) is 5.32 Å². The fourth-order valence-corrected chi connectivity index (χ4v) is 1.96. The van der Waals surface area contributed by atoms with Crippen LogP contribution >= 0.6 is 0 Å². The van der Waals surface area contributed by atoms with E-state index in [4.69, 9.17) is 10.5 Å². The average Bonchev–Trinajstić information content (AvgIpc) is 2.47. The van der Waals surface area contributed by atoms with Crippen LogP contribution < -0.4 is 15.8 Å². The Bertz CT molecular complexity index is 608. The summed E-state index contributed by atoms with van der Waals surface area (Å²) in [6.07, 6.45) is 0.0683. The number of benzene rings is 2. The molecule has 0 saturated heterocycles. The van der Waals surface area contributed by atoms with E-state index >= 15 is 0 Å². The van der Waals surface area contributed by atoms with Crippen LogP contribution in [0.2, 0.25) is 0 Å². The van der Waals surface area contributed by atoms with Crippen LogP contribution in [0.3, 0.4) is 0 Å². The number of carbonyl (C=O) groups is 1. The molecule has 3 N–H and O–H groups in total. The number of nitrogen functional groups attached to an aromatic ring is 1. The van der Waals surface area contributed by atoms with Gasteiger partial charge in [0.2, 0.25) is 0 Å². The van der Waals surface area contributed by atoms with Gasteiger partial charge in [-0.3, -0.25) is 4.79 Å². The second kappa shape index (κ2) is 6.79. The predicted molar refractivity (Wildman–Crippen MR) is 85.4 cm³/mol. The highest BCUT2D eigenvalue weighted by Crippen LogP contribution is 2.17. The zero-order chi connectivity index (χ0) is 15.2. The molecule has 2 rings (SSSR count). The zero-order valence-corrected chi connectivity index (χ0v) is 12.3. The first-order valence-corrected chi connectivity index (χ1v) is 6.98. The van der Waals surface area contributed by atoms with Gasteiger partial charge in [-0.25, -0.2) is 0 Å². The van der Waals surface area contributed by atoms with Gasteiger partial charge in [-0.1, -0.05) is 19.1 Å². The summed E-state index contributed by atoms with van der Waals surface area (Å²) >= 11 is 0. The van der Waals surface area contributed by atoms with Crippen molar-refractivity contribution in [3.05, 3.63) is 54.1 Å². The number of amides is 1. The molecule has 0 aliphatic carbocycles. The van der Waals surface area contributed by atoms with Gasteiger partial charge in [0.25, 0.3) is 5.91 Å². The Kier molecular flexibility index (Phi) is 4.82. The van der Waals surface area contributed by atoms with Gasteiger partial charge in [-0.2, -0.15) is 0 Å². The highest BCUT2D eigenvalue weighted by Gasteiger charge is 2.18. The second-order valence-corrected chi connectivity index (χ2v) is 4.94. The van der Waals surface area contributed by atoms with Crippen LogP contribution in [-0.2, 0) is 4.79 Å². The molecular formula is C17H20N2O2.